The summed E-state index contributed by atoms with van der Waals surface area (Å²) in [6.45, 7) is 2.16. The van der Waals surface area contributed by atoms with E-state index in [2.05, 4.69) is 43.3 Å². The molecule has 0 aromatic rings. The first kappa shape index (κ1) is 16.3. The first-order valence-corrected chi connectivity index (χ1v) is 11.0. The maximum Gasteiger partial charge on any atom is 0.136 e. The number of hydrogen-bond acceptors (Lipinski definition) is 7. The van der Waals surface area contributed by atoms with Gasteiger partial charge in [0.05, 0.1) is 5.37 Å². The van der Waals surface area contributed by atoms with E-state index in [1.54, 1.807) is 0 Å². The summed E-state index contributed by atoms with van der Waals surface area (Å²) in [7, 11) is 0. The predicted molar refractivity (Wildman–Crippen MR) is 97.5 cm³/mol. The van der Waals surface area contributed by atoms with Crippen LogP contribution in [0.25, 0.3) is 0 Å². The normalized spacial score (nSPS) is 44.8. The standard InChI is InChI=1S/C17H32N6S/c1-2-6-12(7-3-1)16-21-23-15(19-20-17(23)24-16)10-22-11-18-13-8-4-5-9-14(13)22/h12-21H,1-11H2. The molecule has 0 bridgehead atoms. The number of hydrogen-bond donors (Lipinski definition) is 4. The van der Waals surface area contributed by atoms with Crippen LogP contribution in [0.5, 0.6) is 0 Å². The molecule has 0 aromatic heterocycles. The summed E-state index contributed by atoms with van der Waals surface area (Å²) in [4.78, 5) is 2.67. The van der Waals surface area contributed by atoms with Crippen molar-refractivity contribution in [2.24, 2.45) is 5.92 Å². The van der Waals surface area contributed by atoms with Crippen molar-refractivity contribution in [3.63, 3.8) is 0 Å². The second-order valence-corrected chi connectivity index (χ2v) is 9.47. The fraction of sp³-hybridized carbons (Fsp3) is 1.00. The number of fused-ring (bicyclic) bond motifs is 2. The Hall–Kier alpha value is 0.110. The lowest BCUT2D eigenvalue weighted by molar-refractivity contribution is 0.0915. The van der Waals surface area contributed by atoms with Crippen LogP contribution in [0.1, 0.15) is 57.8 Å². The van der Waals surface area contributed by atoms with E-state index in [0.717, 1.165) is 31.2 Å². The van der Waals surface area contributed by atoms with Crippen molar-refractivity contribution < 1.29 is 0 Å². The summed E-state index contributed by atoms with van der Waals surface area (Å²) in [5.74, 6) is 0.855. The SMILES string of the molecule is C1CCC(C2NN3C(CN4CNC5CCCCC54)NNC3S2)CC1. The van der Waals surface area contributed by atoms with Crippen LogP contribution in [0.3, 0.4) is 0 Å². The number of thioether (sulfide) groups is 1. The van der Waals surface area contributed by atoms with Gasteiger partial charge in [-0.25, -0.2) is 16.3 Å². The maximum absolute atomic E-state index is 3.84. The molecule has 0 aromatic carbocycles. The molecule has 5 rings (SSSR count). The first-order chi connectivity index (χ1) is 11.9. The van der Waals surface area contributed by atoms with Crippen LogP contribution in [-0.4, -0.2) is 52.2 Å². The van der Waals surface area contributed by atoms with Crippen LogP contribution in [-0.2, 0) is 0 Å². The van der Waals surface area contributed by atoms with Gasteiger partial charge in [0.1, 0.15) is 11.7 Å². The van der Waals surface area contributed by atoms with Crippen LogP contribution in [0.15, 0.2) is 0 Å². The molecule has 3 saturated heterocycles. The minimum Gasteiger partial charge on any atom is -0.300 e. The molecule has 0 radical (unpaired) electrons. The Morgan fingerprint density at radius 3 is 2.67 bits per heavy atom. The molecular formula is C17H32N6S. The van der Waals surface area contributed by atoms with E-state index in [1.807, 2.05) is 0 Å². The number of nitrogens with one attached hydrogen (secondary N) is 4. The van der Waals surface area contributed by atoms with Gasteiger partial charge in [-0.2, -0.15) is 5.01 Å². The third-order valence-corrected chi connectivity index (χ3v) is 8.14. The van der Waals surface area contributed by atoms with Crippen molar-refractivity contribution in [1.82, 2.24) is 31.5 Å². The fourth-order valence-electron chi connectivity index (χ4n) is 5.39. The Labute approximate surface area is 149 Å². The molecule has 0 amide bonds. The second-order valence-electron chi connectivity index (χ2n) is 8.24. The van der Waals surface area contributed by atoms with Gasteiger partial charge < -0.3 is 0 Å². The molecule has 24 heavy (non-hydrogen) atoms. The molecule has 7 heteroatoms. The number of nitrogens with zero attached hydrogens (tertiary/aromatic N) is 2. The van der Waals surface area contributed by atoms with Gasteiger partial charge in [-0.15, -0.1) is 11.8 Å². The quantitative estimate of drug-likeness (QED) is 0.611. The summed E-state index contributed by atoms with van der Waals surface area (Å²) in [6.07, 6.45) is 13.0. The molecule has 5 unspecified atom stereocenters. The van der Waals surface area contributed by atoms with E-state index in [4.69, 9.17) is 0 Å². The molecule has 5 fully saturated rings. The fourth-order valence-corrected chi connectivity index (χ4v) is 6.82. The minimum absolute atomic E-state index is 0.374. The van der Waals surface area contributed by atoms with Crippen molar-refractivity contribution in [2.45, 2.75) is 86.9 Å². The van der Waals surface area contributed by atoms with E-state index >= 15 is 0 Å². The highest BCUT2D eigenvalue weighted by atomic mass is 32.2. The lowest BCUT2D eigenvalue weighted by Crippen LogP contribution is -2.53. The second kappa shape index (κ2) is 7.02. The Morgan fingerprint density at radius 2 is 1.75 bits per heavy atom. The molecule has 0 spiro atoms. The highest BCUT2D eigenvalue weighted by Gasteiger charge is 2.46. The van der Waals surface area contributed by atoms with Crippen molar-refractivity contribution in [1.29, 1.82) is 0 Å². The van der Waals surface area contributed by atoms with Crippen molar-refractivity contribution in [3.8, 4) is 0 Å². The summed E-state index contributed by atoms with van der Waals surface area (Å²) in [6, 6.07) is 1.49. The molecule has 6 nitrogen and oxygen atoms in total. The Balaban J connectivity index is 1.19. The topological polar surface area (TPSA) is 54.6 Å². The molecule has 3 heterocycles. The van der Waals surface area contributed by atoms with Crippen LogP contribution >= 0.6 is 11.8 Å². The number of rotatable bonds is 3. The monoisotopic (exact) mass is 352 g/mol. The van der Waals surface area contributed by atoms with Crippen LogP contribution < -0.4 is 21.6 Å². The third kappa shape index (κ3) is 3.02. The third-order valence-electron chi connectivity index (χ3n) is 6.75. The Kier molecular flexibility index (Phi) is 4.77. The Bertz CT molecular complexity index is 445. The zero-order valence-corrected chi connectivity index (χ0v) is 15.4. The van der Waals surface area contributed by atoms with Gasteiger partial charge in [-0.3, -0.25) is 10.2 Å². The van der Waals surface area contributed by atoms with E-state index in [-0.39, 0.29) is 0 Å². The van der Waals surface area contributed by atoms with E-state index in [0.29, 0.717) is 17.0 Å². The van der Waals surface area contributed by atoms with Gasteiger partial charge >= 0.3 is 0 Å². The van der Waals surface area contributed by atoms with Crippen LogP contribution in [0.4, 0.5) is 0 Å². The molecule has 5 atom stereocenters. The highest BCUT2D eigenvalue weighted by Crippen LogP contribution is 2.38. The average Bonchev–Trinajstić information content (AvgIpc) is 3.32. The van der Waals surface area contributed by atoms with Crippen LogP contribution in [0.2, 0.25) is 0 Å². The zero-order chi connectivity index (χ0) is 15.9. The summed E-state index contributed by atoms with van der Waals surface area (Å²) in [5, 5.41) is 6.80. The molecule has 4 N–H and O–H groups in total. The zero-order valence-electron chi connectivity index (χ0n) is 14.5. The van der Waals surface area contributed by atoms with Gasteiger partial charge in [0.25, 0.3) is 0 Å². The van der Waals surface area contributed by atoms with E-state index in [1.165, 1.54) is 57.8 Å². The van der Waals surface area contributed by atoms with Crippen LogP contribution in [0, 0.1) is 5.92 Å². The molecular weight excluding hydrogens is 320 g/mol. The molecule has 2 saturated carbocycles. The number of hydrazine groups is 2. The van der Waals surface area contributed by atoms with Gasteiger partial charge in [0.15, 0.2) is 0 Å². The molecule has 136 valence electrons. The highest BCUT2D eigenvalue weighted by molar-refractivity contribution is 8.00. The van der Waals surface area contributed by atoms with Crippen molar-refractivity contribution in [3.05, 3.63) is 0 Å². The minimum atomic E-state index is 0.374. The summed E-state index contributed by atoms with van der Waals surface area (Å²) < 4.78 is 0. The van der Waals surface area contributed by atoms with Gasteiger partial charge in [-0.05, 0) is 31.6 Å². The van der Waals surface area contributed by atoms with Crippen molar-refractivity contribution >= 4 is 11.8 Å². The maximum atomic E-state index is 3.84. The summed E-state index contributed by atoms with van der Waals surface area (Å²) in [5.41, 5.74) is 11.3. The molecule has 2 aliphatic carbocycles. The smallest absolute Gasteiger partial charge is 0.136 e. The average molecular weight is 353 g/mol. The van der Waals surface area contributed by atoms with Crippen molar-refractivity contribution in [2.75, 3.05) is 13.2 Å². The predicted octanol–water partition coefficient (Wildman–Crippen LogP) is 1.34. The molecule has 3 aliphatic heterocycles. The summed E-state index contributed by atoms with van der Waals surface area (Å²) >= 11 is 2.08. The van der Waals surface area contributed by atoms with E-state index in [9.17, 15) is 0 Å². The lowest BCUT2D eigenvalue weighted by Gasteiger charge is -2.34. The molecule has 5 aliphatic rings. The van der Waals surface area contributed by atoms with Gasteiger partial charge in [0.2, 0.25) is 0 Å². The lowest BCUT2D eigenvalue weighted by atomic mass is 9.89. The first-order valence-electron chi connectivity index (χ1n) is 10.1. The van der Waals surface area contributed by atoms with Gasteiger partial charge in [-0.1, -0.05) is 32.1 Å². The van der Waals surface area contributed by atoms with E-state index < -0.39 is 0 Å². The largest absolute Gasteiger partial charge is 0.300 e. The van der Waals surface area contributed by atoms with Gasteiger partial charge in [0, 0.05) is 25.3 Å². The Morgan fingerprint density at radius 1 is 0.917 bits per heavy atom.